The molecule has 0 heterocycles. The number of ether oxygens (including phenoxy) is 1. The van der Waals surface area contributed by atoms with E-state index >= 15 is 0 Å². The van der Waals surface area contributed by atoms with Gasteiger partial charge in [-0.25, -0.2) is 0 Å². The third-order valence-corrected chi connectivity index (χ3v) is 3.61. The highest BCUT2D eigenvalue weighted by Gasteiger charge is 2.07. The summed E-state index contributed by atoms with van der Waals surface area (Å²) in [4.78, 5) is 12.1. The maximum absolute atomic E-state index is 10.7. The number of carboxylic acid groups (broad SMARTS) is 1. The maximum Gasteiger partial charge on any atom is 0.137 e. The van der Waals surface area contributed by atoms with Gasteiger partial charge in [-0.3, -0.25) is 0 Å². The first-order valence-electron chi connectivity index (χ1n) is 7.50. The molecule has 0 aliphatic rings. The van der Waals surface area contributed by atoms with E-state index in [1.807, 2.05) is 6.07 Å². The van der Waals surface area contributed by atoms with Crippen LogP contribution in [0.15, 0.2) is 54.6 Å². The number of carbonyl (C=O) groups is 1. The number of rotatable bonds is 8. The van der Waals surface area contributed by atoms with Gasteiger partial charge in [0.1, 0.15) is 25.4 Å². The van der Waals surface area contributed by atoms with Crippen LogP contribution in [0.4, 0.5) is 0 Å². The number of hydrogen-bond donors (Lipinski definition) is 1. The standard InChI is InChI=1S/C18H21NO3/c1-2-19(14-15-6-4-3-5-7-15)12-13-22-17-10-8-16(9-11-17)18(20)21/h3-11H,2,12-14H2,1H3,(H,20,21). The van der Waals surface area contributed by atoms with E-state index in [2.05, 4.69) is 31.2 Å². The number of hydrogen-bond acceptors (Lipinski definition) is 3. The first kappa shape index (κ1) is 16.0. The van der Waals surface area contributed by atoms with Gasteiger partial charge < -0.3 is 19.5 Å². The normalized spacial score (nSPS) is 11.9. The predicted octanol–water partition coefficient (Wildman–Crippen LogP) is 0.534. The maximum atomic E-state index is 10.7. The number of nitrogens with one attached hydrogen (secondary N) is 1. The van der Waals surface area contributed by atoms with Crippen LogP contribution in [-0.2, 0) is 6.54 Å². The lowest BCUT2D eigenvalue weighted by atomic mass is 10.2. The molecule has 1 N–H and O–H groups in total. The molecule has 2 rings (SSSR count). The van der Waals surface area contributed by atoms with Crippen LogP contribution in [0.3, 0.4) is 0 Å². The van der Waals surface area contributed by atoms with Crippen molar-refractivity contribution in [1.82, 2.24) is 0 Å². The highest BCUT2D eigenvalue weighted by molar-refractivity contribution is 5.85. The molecule has 2 aromatic carbocycles. The Labute approximate surface area is 131 Å². The van der Waals surface area contributed by atoms with Crippen molar-refractivity contribution < 1.29 is 19.5 Å². The fraction of sp³-hybridized carbons (Fsp3) is 0.278. The van der Waals surface area contributed by atoms with Gasteiger partial charge in [0.15, 0.2) is 0 Å². The van der Waals surface area contributed by atoms with Crippen molar-refractivity contribution in [3.8, 4) is 5.75 Å². The Balaban J connectivity index is 1.80. The van der Waals surface area contributed by atoms with Gasteiger partial charge in [0.2, 0.25) is 0 Å². The van der Waals surface area contributed by atoms with Gasteiger partial charge in [-0.15, -0.1) is 0 Å². The Morgan fingerprint density at radius 3 is 2.36 bits per heavy atom. The zero-order chi connectivity index (χ0) is 15.8. The highest BCUT2D eigenvalue weighted by atomic mass is 16.5. The van der Waals surface area contributed by atoms with E-state index in [-0.39, 0.29) is 5.56 Å². The molecule has 4 nitrogen and oxygen atoms in total. The summed E-state index contributed by atoms with van der Waals surface area (Å²) in [5, 5.41) is 10.7. The van der Waals surface area contributed by atoms with E-state index in [9.17, 15) is 9.90 Å². The summed E-state index contributed by atoms with van der Waals surface area (Å²) in [6.07, 6.45) is 0. The second-order valence-electron chi connectivity index (χ2n) is 5.18. The van der Waals surface area contributed by atoms with E-state index in [0.29, 0.717) is 12.4 Å². The number of carbonyl (C=O) groups excluding carboxylic acids is 1. The molecule has 0 spiro atoms. The summed E-state index contributed by atoms with van der Waals surface area (Å²) in [6, 6.07) is 16.7. The van der Waals surface area contributed by atoms with E-state index in [1.165, 1.54) is 22.6 Å². The third-order valence-electron chi connectivity index (χ3n) is 3.61. The van der Waals surface area contributed by atoms with Crippen molar-refractivity contribution in [2.75, 3.05) is 19.7 Å². The summed E-state index contributed by atoms with van der Waals surface area (Å²) in [6.45, 7) is 5.66. The minimum Gasteiger partial charge on any atom is -0.545 e. The molecule has 0 bridgehead atoms. The van der Waals surface area contributed by atoms with Crippen molar-refractivity contribution in [3.05, 3.63) is 65.7 Å². The Morgan fingerprint density at radius 1 is 1.09 bits per heavy atom. The molecular formula is C18H21NO3. The molecule has 4 heteroatoms. The topological polar surface area (TPSA) is 53.8 Å². The molecular weight excluding hydrogens is 278 g/mol. The fourth-order valence-corrected chi connectivity index (χ4v) is 2.28. The zero-order valence-electron chi connectivity index (χ0n) is 12.7. The van der Waals surface area contributed by atoms with Crippen LogP contribution in [0.25, 0.3) is 0 Å². The second-order valence-corrected chi connectivity index (χ2v) is 5.18. The molecule has 0 radical (unpaired) electrons. The van der Waals surface area contributed by atoms with Crippen LogP contribution < -0.4 is 14.7 Å². The molecule has 22 heavy (non-hydrogen) atoms. The molecule has 0 aromatic heterocycles. The minimum atomic E-state index is -1.17. The molecule has 2 aromatic rings. The van der Waals surface area contributed by atoms with Crippen molar-refractivity contribution in [2.45, 2.75) is 13.5 Å². The number of aromatic carboxylic acids is 1. The third kappa shape index (κ3) is 4.90. The molecule has 0 aliphatic heterocycles. The van der Waals surface area contributed by atoms with E-state index in [4.69, 9.17) is 4.74 Å². The van der Waals surface area contributed by atoms with E-state index < -0.39 is 5.97 Å². The van der Waals surface area contributed by atoms with Crippen LogP contribution >= 0.6 is 0 Å². The van der Waals surface area contributed by atoms with Gasteiger partial charge in [0.05, 0.1) is 12.5 Å². The Kier molecular flexibility index (Phi) is 5.98. The summed E-state index contributed by atoms with van der Waals surface area (Å²) in [5.41, 5.74) is 1.48. The van der Waals surface area contributed by atoms with Crippen molar-refractivity contribution in [3.63, 3.8) is 0 Å². The SMILES string of the molecule is CC[NH+](CCOc1ccc(C(=O)[O-])cc1)Cc1ccccc1. The molecule has 116 valence electrons. The quantitative estimate of drug-likeness (QED) is 0.774. The number of quaternary nitrogens is 1. The largest absolute Gasteiger partial charge is 0.545 e. The minimum absolute atomic E-state index is 0.164. The van der Waals surface area contributed by atoms with E-state index in [0.717, 1.165) is 19.6 Å². The highest BCUT2D eigenvalue weighted by Crippen LogP contribution is 2.11. The van der Waals surface area contributed by atoms with Gasteiger partial charge in [0.25, 0.3) is 0 Å². The Bertz CT molecular complexity index is 581. The molecule has 0 fully saturated rings. The van der Waals surface area contributed by atoms with Crippen LogP contribution in [0.1, 0.15) is 22.8 Å². The predicted molar refractivity (Wildman–Crippen MR) is 82.8 cm³/mol. The zero-order valence-corrected chi connectivity index (χ0v) is 12.7. The van der Waals surface area contributed by atoms with Crippen LogP contribution in [0.2, 0.25) is 0 Å². The van der Waals surface area contributed by atoms with Crippen LogP contribution in [-0.4, -0.2) is 25.7 Å². The molecule has 1 unspecified atom stereocenters. The molecule has 0 amide bonds. The number of benzene rings is 2. The Morgan fingerprint density at radius 2 is 1.77 bits per heavy atom. The van der Waals surface area contributed by atoms with Crippen molar-refractivity contribution in [1.29, 1.82) is 0 Å². The van der Waals surface area contributed by atoms with Gasteiger partial charge in [-0.2, -0.15) is 0 Å². The lowest BCUT2D eigenvalue weighted by Gasteiger charge is -2.18. The fourth-order valence-electron chi connectivity index (χ4n) is 2.28. The average molecular weight is 299 g/mol. The second kappa shape index (κ2) is 8.20. The lowest BCUT2D eigenvalue weighted by molar-refractivity contribution is -0.912. The van der Waals surface area contributed by atoms with Crippen molar-refractivity contribution >= 4 is 5.97 Å². The van der Waals surface area contributed by atoms with Crippen molar-refractivity contribution in [2.24, 2.45) is 0 Å². The van der Waals surface area contributed by atoms with Gasteiger partial charge >= 0.3 is 0 Å². The lowest BCUT2D eigenvalue weighted by Crippen LogP contribution is -3.11. The summed E-state index contributed by atoms with van der Waals surface area (Å²) in [5.74, 6) is -0.490. The smallest absolute Gasteiger partial charge is 0.137 e. The van der Waals surface area contributed by atoms with Crippen LogP contribution in [0.5, 0.6) is 5.75 Å². The molecule has 0 saturated carbocycles. The summed E-state index contributed by atoms with van der Waals surface area (Å²) in [7, 11) is 0. The Hall–Kier alpha value is -2.33. The van der Waals surface area contributed by atoms with Gasteiger partial charge in [0, 0.05) is 5.56 Å². The average Bonchev–Trinajstić information content (AvgIpc) is 2.55. The first-order chi connectivity index (χ1) is 10.7. The number of carboxylic acids is 1. The molecule has 0 saturated heterocycles. The van der Waals surface area contributed by atoms with Gasteiger partial charge in [-0.05, 0) is 36.8 Å². The monoisotopic (exact) mass is 299 g/mol. The molecule has 0 aliphatic carbocycles. The number of likely N-dealkylation sites (N-methyl/N-ethyl adjacent to an activating group) is 1. The summed E-state index contributed by atoms with van der Waals surface area (Å²) < 4.78 is 5.68. The summed E-state index contributed by atoms with van der Waals surface area (Å²) >= 11 is 0. The van der Waals surface area contributed by atoms with Crippen LogP contribution in [0, 0.1) is 0 Å². The van der Waals surface area contributed by atoms with E-state index in [1.54, 1.807) is 12.1 Å². The molecule has 1 atom stereocenters. The van der Waals surface area contributed by atoms with Gasteiger partial charge in [-0.1, -0.05) is 30.3 Å². The first-order valence-corrected chi connectivity index (χ1v) is 7.50.